The Bertz CT molecular complexity index is 1080. The van der Waals surface area contributed by atoms with Crippen molar-refractivity contribution in [2.75, 3.05) is 0 Å². The van der Waals surface area contributed by atoms with Crippen LogP contribution in [0.2, 0.25) is 0 Å². The highest BCUT2D eigenvalue weighted by molar-refractivity contribution is 5.52. The third-order valence-corrected chi connectivity index (χ3v) is 4.67. The fraction of sp³-hybridized carbons (Fsp3) is 0.263. The largest absolute Gasteiger partial charge is 0.573 e. The smallest absolute Gasteiger partial charge is 0.406 e. The summed E-state index contributed by atoms with van der Waals surface area (Å²) in [6, 6.07) is 9.53. The minimum atomic E-state index is -4.76. The second kappa shape index (κ2) is 6.34. The maximum absolute atomic E-state index is 12.5. The van der Waals surface area contributed by atoms with E-state index >= 15 is 0 Å². The standard InChI is InChI=1S/C19H13F3N4O2/c1-11-7-15(24-10-12(11)9-23)16-25-17(26-28-16)18(5-6-18)13-3-2-4-14(8-13)27-19(20,21)22/h2-4,7-8,10H,5-6H2,1H3. The minimum Gasteiger partial charge on any atom is -0.406 e. The third-order valence-electron chi connectivity index (χ3n) is 4.67. The van der Waals surface area contributed by atoms with E-state index in [-0.39, 0.29) is 11.6 Å². The van der Waals surface area contributed by atoms with E-state index in [1.807, 2.05) is 6.07 Å². The van der Waals surface area contributed by atoms with Crippen LogP contribution >= 0.6 is 0 Å². The first-order valence-electron chi connectivity index (χ1n) is 8.38. The fourth-order valence-corrected chi connectivity index (χ4v) is 3.07. The van der Waals surface area contributed by atoms with Gasteiger partial charge < -0.3 is 9.26 Å². The Labute approximate surface area is 157 Å². The quantitative estimate of drug-likeness (QED) is 0.665. The molecule has 28 heavy (non-hydrogen) atoms. The van der Waals surface area contributed by atoms with Gasteiger partial charge >= 0.3 is 6.36 Å². The monoisotopic (exact) mass is 386 g/mol. The number of rotatable bonds is 4. The summed E-state index contributed by atoms with van der Waals surface area (Å²) in [5, 5.41) is 13.0. The molecule has 1 aromatic carbocycles. The first kappa shape index (κ1) is 18.0. The van der Waals surface area contributed by atoms with E-state index in [2.05, 4.69) is 19.9 Å². The molecule has 0 N–H and O–H groups in total. The van der Waals surface area contributed by atoms with Gasteiger partial charge in [-0.1, -0.05) is 17.3 Å². The van der Waals surface area contributed by atoms with Gasteiger partial charge in [-0.15, -0.1) is 13.2 Å². The van der Waals surface area contributed by atoms with Crippen molar-refractivity contribution in [2.24, 2.45) is 0 Å². The van der Waals surface area contributed by atoms with Crippen molar-refractivity contribution >= 4 is 0 Å². The van der Waals surface area contributed by atoms with Gasteiger partial charge in [0.05, 0.1) is 11.0 Å². The lowest BCUT2D eigenvalue weighted by Gasteiger charge is -2.14. The molecule has 1 aliphatic carbocycles. The molecule has 0 aliphatic heterocycles. The van der Waals surface area contributed by atoms with Crippen molar-refractivity contribution in [3.8, 4) is 23.4 Å². The number of pyridine rings is 1. The average molecular weight is 386 g/mol. The maximum Gasteiger partial charge on any atom is 0.573 e. The number of hydrogen-bond donors (Lipinski definition) is 0. The van der Waals surface area contributed by atoms with Crippen molar-refractivity contribution in [3.05, 3.63) is 59.0 Å². The second-order valence-corrected chi connectivity index (χ2v) is 6.58. The van der Waals surface area contributed by atoms with E-state index in [0.29, 0.717) is 35.5 Å². The molecular weight excluding hydrogens is 373 g/mol. The Kier molecular flexibility index (Phi) is 4.07. The number of halogens is 3. The Morgan fingerprint density at radius 3 is 2.68 bits per heavy atom. The number of aryl methyl sites for hydroxylation is 1. The first-order valence-corrected chi connectivity index (χ1v) is 8.38. The molecule has 6 nitrogen and oxygen atoms in total. The maximum atomic E-state index is 12.5. The number of ether oxygens (including phenoxy) is 1. The number of nitriles is 1. The molecule has 0 amide bonds. The molecule has 0 spiro atoms. The molecule has 0 saturated heterocycles. The number of nitrogens with zero attached hydrogens (tertiary/aromatic N) is 4. The van der Waals surface area contributed by atoms with Gasteiger partial charge in [0, 0.05) is 6.20 Å². The van der Waals surface area contributed by atoms with Crippen LogP contribution in [0.4, 0.5) is 13.2 Å². The Morgan fingerprint density at radius 2 is 2.04 bits per heavy atom. The summed E-state index contributed by atoms with van der Waals surface area (Å²) >= 11 is 0. The summed E-state index contributed by atoms with van der Waals surface area (Å²) in [4.78, 5) is 8.57. The molecule has 2 aromatic heterocycles. The zero-order valence-corrected chi connectivity index (χ0v) is 14.6. The topological polar surface area (TPSA) is 84.8 Å². The average Bonchev–Trinajstić information content (AvgIpc) is 3.30. The van der Waals surface area contributed by atoms with Gasteiger partial charge in [0.2, 0.25) is 0 Å². The summed E-state index contributed by atoms with van der Waals surface area (Å²) in [6.45, 7) is 1.77. The van der Waals surface area contributed by atoms with E-state index in [4.69, 9.17) is 9.78 Å². The van der Waals surface area contributed by atoms with Crippen LogP contribution in [-0.4, -0.2) is 21.5 Å². The Hall–Kier alpha value is -3.41. The van der Waals surface area contributed by atoms with Crippen LogP contribution in [0.3, 0.4) is 0 Å². The number of hydrogen-bond acceptors (Lipinski definition) is 6. The van der Waals surface area contributed by atoms with Crippen LogP contribution in [0.25, 0.3) is 11.6 Å². The van der Waals surface area contributed by atoms with Crippen molar-refractivity contribution in [2.45, 2.75) is 31.5 Å². The zero-order chi connectivity index (χ0) is 19.9. The highest BCUT2D eigenvalue weighted by atomic mass is 19.4. The van der Waals surface area contributed by atoms with Crippen LogP contribution in [-0.2, 0) is 5.41 Å². The summed E-state index contributed by atoms with van der Waals surface area (Å²) in [5.41, 5.74) is 1.63. The molecule has 0 bridgehead atoms. The SMILES string of the molecule is Cc1cc(-c2nc(C3(c4cccc(OC(F)(F)F)c4)CC3)no2)ncc1C#N. The van der Waals surface area contributed by atoms with Gasteiger partial charge in [0.15, 0.2) is 5.82 Å². The molecule has 1 aliphatic rings. The molecule has 0 radical (unpaired) electrons. The summed E-state index contributed by atoms with van der Waals surface area (Å²) in [7, 11) is 0. The predicted octanol–water partition coefficient (Wildman–Crippen LogP) is 4.29. The zero-order valence-electron chi connectivity index (χ0n) is 14.6. The van der Waals surface area contributed by atoms with Crippen molar-refractivity contribution < 1.29 is 22.4 Å². The van der Waals surface area contributed by atoms with Gasteiger partial charge in [0.1, 0.15) is 17.5 Å². The Balaban J connectivity index is 1.65. The summed E-state index contributed by atoms with van der Waals surface area (Å²) in [5.74, 6) is 0.288. The summed E-state index contributed by atoms with van der Waals surface area (Å²) in [6.07, 6.45) is -1.96. The third kappa shape index (κ3) is 3.29. The first-order chi connectivity index (χ1) is 13.3. The molecule has 4 rings (SSSR count). The van der Waals surface area contributed by atoms with E-state index in [0.717, 1.165) is 5.56 Å². The Morgan fingerprint density at radius 1 is 1.25 bits per heavy atom. The number of alkyl halides is 3. The normalized spacial score (nSPS) is 15.1. The van der Waals surface area contributed by atoms with Gasteiger partial charge in [-0.05, 0) is 49.1 Å². The molecule has 3 aromatic rings. The second-order valence-electron chi connectivity index (χ2n) is 6.58. The molecule has 9 heteroatoms. The van der Waals surface area contributed by atoms with Gasteiger partial charge in [0.25, 0.3) is 5.89 Å². The molecule has 1 fully saturated rings. The number of benzene rings is 1. The van der Waals surface area contributed by atoms with Crippen LogP contribution in [0.1, 0.15) is 35.4 Å². The lowest BCUT2D eigenvalue weighted by Crippen LogP contribution is -2.18. The van der Waals surface area contributed by atoms with Crippen LogP contribution < -0.4 is 4.74 Å². The minimum absolute atomic E-state index is 0.191. The van der Waals surface area contributed by atoms with Crippen molar-refractivity contribution in [1.82, 2.24) is 15.1 Å². The number of aromatic nitrogens is 3. The molecule has 142 valence electrons. The van der Waals surface area contributed by atoms with Gasteiger partial charge in [-0.3, -0.25) is 0 Å². The van der Waals surface area contributed by atoms with Crippen LogP contribution in [0.15, 0.2) is 41.1 Å². The van der Waals surface area contributed by atoms with Crippen LogP contribution in [0.5, 0.6) is 5.75 Å². The fourth-order valence-electron chi connectivity index (χ4n) is 3.07. The highest BCUT2D eigenvalue weighted by Gasteiger charge is 2.50. The van der Waals surface area contributed by atoms with E-state index in [9.17, 15) is 13.2 Å². The van der Waals surface area contributed by atoms with Gasteiger partial charge in [-0.25, -0.2) is 4.98 Å². The van der Waals surface area contributed by atoms with E-state index < -0.39 is 11.8 Å². The summed E-state index contributed by atoms with van der Waals surface area (Å²) < 4.78 is 46.8. The molecule has 1 saturated carbocycles. The predicted molar refractivity (Wildman–Crippen MR) is 90.1 cm³/mol. The highest BCUT2D eigenvalue weighted by Crippen LogP contribution is 2.53. The lowest BCUT2D eigenvalue weighted by atomic mass is 9.95. The van der Waals surface area contributed by atoms with E-state index in [1.165, 1.54) is 24.4 Å². The van der Waals surface area contributed by atoms with Crippen LogP contribution in [0, 0.1) is 18.3 Å². The molecule has 2 heterocycles. The molecule has 0 unspecified atom stereocenters. The van der Waals surface area contributed by atoms with Crippen molar-refractivity contribution in [1.29, 1.82) is 5.26 Å². The van der Waals surface area contributed by atoms with E-state index in [1.54, 1.807) is 19.1 Å². The molecular formula is C19H13F3N4O2. The van der Waals surface area contributed by atoms with Crippen molar-refractivity contribution in [3.63, 3.8) is 0 Å². The lowest BCUT2D eigenvalue weighted by molar-refractivity contribution is -0.274. The molecule has 0 atom stereocenters. The van der Waals surface area contributed by atoms with Gasteiger partial charge in [-0.2, -0.15) is 10.2 Å².